The number of carbonyl (C=O) groups is 1. The van der Waals surface area contributed by atoms with Gasteiger partial charge < -0.3 is 10.1 Å². The van der Waals surface area contributed by atoms with Crippen molar-refractivity contribution < 1.29 is 14.8 Å². The molecular weight excluding hydrogens is 262 g/mol. The highest BCUT2D eigenvalue weighted by Crippen LogP contribution is 2.29. The Morgan fingerprint density at radius 3 is 2.29 bits per heavy atom. The first-order valence-electron chi connectivity index (χ1n) is 7.94. The number of quaternary nitrogens is 1. The van der Waals surface area contributed by atoms with Crippen LogP contribution in [0.25, 0.3) is 0 Å². The second kappa shape index (κ2) is 6.18. The molecule has 0 aromatic heterocycles. The molecule has 1 aromatic rings. The molecule has 3 nitrogen and oxygen atoms in total. The summed E-state index contributed by atoms with van der Waals surface area (Å²) in [6, 6.07) is 4.02. The molecule has 1 saturated heterocycles. The third-order valence-corrected chi connectivity index (χ3v) is 4.84. The quantitative estimate of drug-likeness (QED) is 0.869. The molecule has 0 bridgehead atoms. The summed E-state index contributed by atoms with van der Waals surface area (Å²) in [5.41, 5.74) is 3.66. The van der Waals surface area contributed by atoms with Crippen LogP contribution in [0.15, 0.2) is 12.1 Å². The van der Waals surface area contributed by atoms with Crippen molar-refractivity contribution in [2.75, 3.05) is 13.1 Å². The van der Waals surface area contributed by atoms with E-state index in [1.54, 1.807) is 0 Å². The summed E-state index contributed by atoms with van der Waals surface area (Å²) in [5, 5.41) is 2.34. The number of esters is 1. The lowest BCUT2D eigenvalue weighted by molar-refractivity contribution is -0.665. The fourth-order valence-corrected chi connectivity index (χ4v) is 3.18. The average Bonchev–Trinajstić information content (AvgIpc) is 2.43. The minimum Gasteiger partial charge on any atom is -0.456 e. The van der Waals surface area contributed by atoms with Crippen LogP contribution in [0.3, 0.4) is 0 Å². The Bertz CT molecular complexity index is 528. The van der Waals surface area contributed by atoms with Crippen molar-refractivity contribution in [2.45, 2.75) is 53.1 Å². The van der Waals surface area contributed by atoms with E-state index in [4.69, 9.17) is 4.74 Å². The van der Waals surface area contributed by atoms with Gasteiger partial charge in [-0.25, -0.2) is 4.79 Å². The van der Waals surface area contributed by atoms with Gasteiger partial charge in [0.2, 0.25) is 0 Å². The minimum atomic E-state index is -0.392. The molecule has 2 rings (SSSR count). The number of piperidine rings is 1. The Morgan fingerprint density at radius 1 is 1.10 bits per heavy atom. The summed E-state index contributed by atoms with van der Waals surface area (Å²) in [6.07, 6.45) is 2.23. The predicted octanol–water partition coefficient (Wildman–Crippen LogP) is 2.52. The molecule has 2 N–H and O–H groups in total. The Balaban J connectivity index is 2.15. The van der Waals surface area contributed by atoms with Crippen LogP contribution in [0.2, 0.25) is 0 Å². The van der Waals surface area contributed by atoms with Gasteiger partial charge in [-0.3, -0.25) is 0 Å². The first-order valence-corrected chi connectivity index (χ1v) is 7.94. The number of rotatable bonds is 3. The average molecular weight is 290 g/mol. The Kier molecular flexibility index (Phi) is 4.72. The van der Waals surface area contributed by atoms with Crippen LogP contribution in [0.5, 0.6) is 0 Å². The third-order valence-electron chi connectivity index (χ3n) is 4.84. The molecule has 0 saturated carbocycles. The number of benzene rings is 1. The van der Waals surface area contributed by atoms with Crippen molar-refractivity contribution >= 4 is 5.97 Å². The van der Waals surface area contributed by atoms with Gasteiger partial charge in [-0.05, 0) is 57.4 Å². The lowest BCUT2D eigenvalue weighted by Gasteiger charge is -2.35. The maximum absolute atomic E-state index is 12.6. The maximum atomic E-state index is 12.6. The zero-order chi connectivity index (χ0) is 15.6. The molecule has 1 fully saturated rings. The van der Waals surface area contributed by atoms with E-state index >= 15 is 0 Å². The standard InChI is InChI=1S/C18H27NO2/c1-12-10-14(3)16(11-13(12)2)17(20)21-18(4,5)15-6-8-19-9-7-15/h10-11,15,19H,6-9H2,1-5H3/p+1. The first kappa shape index (κ1) is 16.0. The predicted molar refractivity (Wildman–Crippen MR) is 84.5 cm³/mol. The van der Waals surface area contributed by atoms with Crippen molar-refractivity contribution in [3.05, 3.63) is 34.4 Å². The van der Waals surface area contributed by atoms with Crippen molar-refractivity contribution in [3.8, 4) is 0 Å². The van der Waals surface area contributed by atoms with E-state index in [9.17, 15) is 4.79 Å². The van der Waals surface area contributed by atoms with Gasteiger partial charge in [-0.1, -0.05) is 6.07 Å². The molecule has 3 heteroatoms. The van der Waals surface area contributed by atoms with Gasteiger partial charge in [0.15, 0.2) is 0 Å². The lowest BCUT2D eigenvalue weighted by atomic mass is 9.83. The SMILES string of the molecule is Cc1cc(C)c(C(=O)OC(C)(C)C2CC[NH2+]CC2)cc1C. The van der Waals surface area contributed by atoms with Crippen molar-refractivity contribution in [1.82, 2.24) is 0 Å². The fourth-order valence-electron chi connectivity index (χ4n) is 3.18. The fraction of sp³-hybridized carbons (Fsp3) is 0.611. The van der Waals surface area contributed by atoms with E-state index in [0.717, 1.165) is 37.1 Å². The van der Waals surface area contributed by atoms with Gasteiger partial charge in [0.05, 0.1) is 18.7 Å². The Labute approximate surface area is 128 Å². The molecule has 1 aliphatic rings. The van der Waals surface area contributed by atoms with Gasteiger partial charge in [0.1, 0.15) is 5.60 Å². The monoisotopic (exact) mass is 290 g/mol. The van der Waals surface area contributed by atoms with Crippen LogP contribution in [-0.2, 0) is 4.74 Å². The van der Waals surface area contributed by atoms with Crippen molar-refractivity contribution in [1.29, 1.82) is 0 Å². The van der Waals surface area contributed by atoms with E-state index in [1.165, 1.54) is 5.56 Å². The van der Waals surface area contributed by atoms with Gasteiger partial charge in [0.25, 0.3) is 0 Å². The highest BCUT2D eigenvalue weighted by molar-refractivity contribution is 5.91. The van der Waals surface area contributed by atoms with E-state index in [2.05, 4.69) is 32.2 Å². The molecule has 0 spiro atoms. The molecule has 0 radical (unpaired) electrons. The minimum absolute atomic E-state index is 0.185. The number of aryl methyl sites for hydroxylation is 3. The molecule has 1 aromatic carbocycles. The number of ether oxygens (including phenoxy) is 1. The highest BCUT2D eigenvalue weighted by Gasteiger charge is 2.35. The van der Waals surface area contributed by atoms with Crippen LogP contribution in [0, 0.1) is 26.7 Å². The van der Waals surface area contributed by atoms with Crippen LogP contribution in [0.4, 0.5) is 0 Å². The Hall–Kier alpha value is -1.35. The summed E-state index contributed by atoms with van der Waals surface area (Å²) >= 11 is 0. The smallest absolute Gasteiger partial charge is 0.338 e. The number of hydrogen-bond donors (Lipinski definition) is 1. The molecule has 21 heavy (non-hydrogen) atoms. The molecule has 116 valence electrons. The van der Waals surface area contributed by atoms with E-state index < -0.39 is 5.60 Å². The van der Waals surface area contributed by atoms with E-state index in [0.29, 0.717) is 11.5 Å². The highest BCUT2D eigenvalue weighted by atomic mass is 16.6. The normalized spacial score (nSPS) is 16.8. The summed E-state index contributed by atoms with van der Waals surface area (Å²) in [4.78, 5) is 12.6. The van der Waals surface area contributed by atoms with Gasteiger partial charge >= 0.3 is 5.97 Å². The summed E-state index contributed by atoms with van der Waals surface area (Å²) < 4.78 is 5.89. The van der Waals surface area contributed by atoms with E-state index in [-0.39, 0.29) is 5.97 Å². The molecule has 0 atom stereocenters. The summed E-state index contributed by atoms with van der Waals surface area (Å²) in [6.45, 7) is 12.5. The Morgan fingerprint density at radius 2 is 1.67 bits per heavy atom. The zero-order valence-corrected chi connectivity index (χ0v) is 14.0. The molecular formula is C18H28NO2+. The van der Waals surface area contributed by atoms with Gasteiger partial charge in [-0.15, -0.1) is 0 Å². The van der Waals surface area contributed by atoms with Crippen molar-refractivity contribution in [2.24, 2.45) is 5.92 Å². The van der Waals surface area contributed by atoms with Crippen LogP contribution in [0.1, 0.15) is 53.7 Å². The molecule has 0 aliphatic carbocycles. The number of nitrogens with two attached hydrogens (primary N) is 1. The third kappa shape index (κ3) is 3.65. The first-order chi connectivity index (χ1) is 9.81. The lowest BCUT2D eigenvalue weighted by Crippen LogP contribution is -2.86. The second-order valence-corrected chi connectivity index (χ2v) is 6.88. The second-order valence-electron chi connectivity index (χ2n) is 6.88. The molecule has 0 unspecified atom stereocenters. The largest absolute Gasteiger partial charge is 0.456 e. The summed E-state index contributed by atoms with van der Waals surface area (Å²) in [5.74, 6) is 0.272. The number of hydrogen-bond acceptors (Lipinski definition) is 2. The van der Waals surface area contributed by atoms with Gasteiger partial charge in [0, 0.05) is 18.8 Å². The molecule has 1 heterocycles. The van der Waals surface area contributed by atoms with Crippen molar-refractivity contribution in [3.63, 3.8) is 0 Å². The molecule has 1 aliphatic heterocycles. The zero-order valence-electron chi connectivity index (χ0n) is 14.0. The number of carbonyl (C=O) groups excluding carboxylic acids is 1. The van der Waals surface area contributed by atoms with Gasteiger partial charge in [-0.2, -0.15) is 0 Å². The van der Waals surface area contributed by atoms with Crippen LogP contribution in [-0.4, -0.2) is 24.7 Å². The summed E-state index contributed by atoms with van der Waals surface area (Å²) in [7, 11) is 0. The van der Waals surface area contributed by atoms with E-state index in [1.807, 2.05) is 19.9 Å². The molecule has 0 amide bonds. The topological polar surface area (TPSA) is 42.9 Å². The van der Waals surface area contributed by atoms with Crippen LogP contribution < -0.4 is 5.32 Å². The van der Waals surface area contributed by atoms with Crippen LogP contribution >= 0.6 is 0 Å². The maximum Gasteiger partial charge on any atom is 0.338 e.